The maximum absolute atomic E-state index is 12.1. The van der Waals surface area contributed by atoms with Gasteiger partial charge >= 0.3 is 6.09 Å². The lowest BCUT2D eigenvalue weighted by atomic mass is 10.2. The number of hydrogen-bond donors (Lipinski definition) is 2. The molecule has 1 aliphatic rings. The molecule has 1 aromatic carbocycles. The van der Waals surface area contributed by atoms with Gasteiger partial charge in [-0.3, -0.25) is 4.99 Å². The Morgan fingerprint density at radius 1 is 1.25 bits per heavy atom. The van der Waals surface area contributed by atoms with E-state index in [0.717, 1.165) is 17.1 Å². The molecule has 0 aliphatic carbocycles. The van der Waals surface area contributed by atoms with Crippen LogP contribution >= 0.6 is 24.0 Å². The summed E-state index contributed by atoms with van der Waals surface area (Å²) in [6, 6.07) is 5.83. The van der Waals surface area contributed by atoms with Crippen molar-refractivity contribution in [3.05, 3.63) is 23.8 Å². The predicted molar refractivity (Wildman–Crippen MR) is 120 cm³/mol. The molecule has 1 heterocycles. The van der Waals surface area contributed by atoms with Crippen LogP contribution in [-0.2, 0) is 11.3 Å². The van der Waals surface area contributed by atoms with Gasteiger partial charge in [-0.15, -0.1) is 24.0 Å². The molecule has 0 bridgehead atoms. The number of hydrogen-bond acceptors (Lipinski definition) is 5. The largest absolute Gasteiger partial charge is 0.454 e. The third kappa shape index (κ3) is 7.61. The number of carbonyl (C=O) groups excluding carboxylic acids is 1. The minimum absolute atomic E-state index is 0. The lowest BCUT2D eigenvalue weighted by Crippen LogP contribution is -2.44. The van der Waals surface area contributed by atoms with Crippen LogP contribution in [0.1, 0.15) is 33.3 Å². The van der Waals surface area contributed by atoms with Crippen LogP contribution in [0.2, 0.25) is 0 Å². The molecule has 1 aliphatic heterocycles. The van der Waals surface area contributed by atoms with Crippen LogP contribution in [0, 0.1) is 0 Å². The first kappa shape index (κ1) is 24.1. The molecule has 8 nitrogen and oxygen atoms in total. The lowest BCUT2D eigenvalue weighted by molar-refractivity contribution is 0.0264. The zero-order valence-corrected chi connectivity index (χ0v) is 19.5. The molecule has 1 aromatic rings. The molecular formula is C19H31IN4O4. The van der Waals surface area contributed by atoms with Gasteiger partial charge in [0.15, 0.2) is 17.5 Å². The first-order valence-electron chi connectivity index (χ1n) is 9.13. The van der Waals surface area contributed by atoms with Gasteiger partial charge in [0, 0.05) is 33.2 Å². The van der Waals surface area contributed by atoms with Gasteiger partial charge < -0.3 is 29.7 Å². The van der Waals surface area contributed by atoms with Crippen molar-refractivity contribution in [2.24, 2.45) is 4.99 Å². The van der Waals surface area contributed by atoms with E-state index in [4.69, 9.17) is 14.2 Å². The summed E-state index contributed by atoms with van der Waals surface area (Å²) in [4.78, 5) is 18.0. The molecule has 9 heteroatoms. The fourth-order valence-corrected chi connectivity index (χ4v) is 2.47. The number of ether oxygens (including phenoxy) is 3. The Balaban J connectivity index is 0.00000392. The minimum atomic E-state index is -0.500. The van der Waals surface area contributed by atoms with Crippen molar-refractivity contribution in [2.45, 2.75) is 39.8 Å². The summed E-state index contributed by atoms with van der Waals surface area (Å²) >= 11 is 0. The molecule has 0 atom stereocenters. The van der Waals surface area contributed by atoms with Crippen molar-refractivity contribution in [1.29, 1.82) is 0 Å². The molecule has 158 valence electrons. The van der Waals surface area contributed by atoms with Crippen molar-refractivity contribution in [3.8, 4) is 11.5 Å². The van der Waals surface area contributed by atoms with Crippen LogP contribution in [-0.4, -0.2) is 56.0 Å². The number of rotatable bonds is 6. The van der Waals surface area contributed by atoms with E-state index in [1.807, 2.05) is 45.9 Å². The summed E-state index contributed by atoms with van der Waals surface area (Å²) in [6.07, 6.45) is -0.310. The molecule has 2 N–H and O–H groups in total. The molecule has 0 unspecified atom stereocenters. The molecule has 0 saturated heterocycles. The number of fused-ring (bicyclic) bond motifs is 1. The number of carbonyl (C=O) groups is 1. The molecule has 0 spiro atoms. The van der Waals surface area contributed by atoms with Gasteiger partial charge in [-0.05, 0) is 45.4 Å². The second kappa shape index (κ2) is 11.2. The summed E-state index contributed by atoms with van der Waals surface area (Å²) < 4.78 is 16.1. The van der Waals surface area contributed by atoms with Gasteiger partial charge in [0.2, 0.25) is 6.79 Å². The van der Waals surface area contributed by atoms with Crippen molar-refractivity contribution < 1.29 is 19.0 Å². The Morgan fingerprint density at radius 2 is 1.96 bits per heavy atom. The number of halogens is 1. The second-order valence-electron chi connectivity index (χ2n) is 7.10. The number of likely N-dealkylation sites (N-methyl/N-ethyl adjacent to an activating group) is 1. The fourth-order valence-electron chi connectivity index (χ4n) is 2.47. The van der Waals surface area contributed by atoms with E-state index in [2.05, 4.69) is 15.6 Å². The zero-order chi connectivity index (χ0) is 19.9. The highest BCUT2D eigenvalue weighted by molar-refractivity contribution is 14.0. The van der Waals surface area contributed by atoms with E-state index in [-0.39, 0.29) is 36.9 Å². The number of amides is 1. The first-order valence-corrected chi connectivity index (χ1v) is 9.13. The lowest BCUT2D eigenvalue weighted by Gasteiger charge is -2.26. The average molecular weight is 506 g/mol. The highest BCUT2D eigenvalue weighted by atomic mass is 127. The maximum Gasteiger partial charge on any atom is 0.410 e. The van der Waals surface area contributed by atoms with Gasteiger partial charge in [0.05, 0.1) is 0 Å². The number of nitrogens with zero attached hydrogens (tertiary/aromatic N) is 2. The molecule has 0 saturated carbocycles. The van der Waals surface area contributed by atoms with Crippen LogP contribution in [0.25, 0.3) is 0 Å². The van der Waals surface area contributed by atoms with Crippen molar-refractivity contribution in [2.75, 3.05) is 33.5 Å². The van der Waals surface area contributed by atoms with Gasteiger partial charge in [-0.25, -0.2) is 4.79 Å². The maximum atomic E-state index is 12.1. The van der Waals surface area contributed by atoms with Gasteiger partial charge in [0.25, 0.3) is 0 Å². The SMILES string of the molecule is CCN(CCNC(=NC)NCc1ccc2c(c1)OCO2)C(=O)OC(C)(C)C.I. The Bertz CT molecular complexity index is 676. The Kier molecular flexibility index (Phi) is 9.63. The molecule has 28 heavy (non-hydrogen) atoms. The summed E-state index contributed by atoms with van der Waals surface area (Å²) in [5.74, 6) is 2.18. The fraction of sp³-hybridized carbons (Fsp3) is 0.579. The molecule has 0 radical (unpaired) electrons. The van der Waals surface area contributed by atoms with E-state index in [1.165, 1.54) is 0 Å². The predicted octanol–water partition coefficient (Wildman–Crippen LogP) is 2.96. The van der Waals surface area contributed by atoms with Crippen LogP contribution in [0.3, 0.4) is 0 Å². The van der Waals surface area contributed by atoms with Gasteiger partial charge in [-0.1, -0.05) is 6.07 Å². The van der Waals surface area contributed by atoms with E-state index in [9.17, 15) is 4.79 Å². The average Bonchev–Trinajstić information content (AvgIpc) is 3.07. The van der Waals surface area contributed by atoms with Crippen LogP contribution in [0.4, 0.5) is 4.79 Å². The van der Waals surface area contributed by atoms with Gasteiger partial charge in [-0.2, -0.15) is 0 Å². The molecule has 2 rings (SSSR count). The highest BCUT2D eigenvalue weighted by Crippen LogP contribution is 2.32. The van der Waals surface area contributed by atoms with E-state index in [0.29, 0.717) is 32.1 Å². The second-order valence-corrected chi connectivity index (χ2v) is 7.10. The Hall–Kier alpha value is -1.91. The number of benzene rings is 1. The normalized spacial score (nSPS) is 12.8. The van der Waals surface area contributed by atoms with Crippen molar-refractivity contribution in [3.63, 3.8) is 0 Å². The van der Waals surface area contributed by atoms with E-state index >= 15 is 0 Å². The van der Waals surface area contributed by atoms with Crippen LogP contribution in [0.5, 0.6) is 11.5 Å². The highest BCUT2D eigenvalue weighted by Gasteiger charge is 2.20. The molecular weight excluding hydrogens is 475 g/mol. The summed E-state index contributed by atoms with van der Waals surface area (Å²) in [6.45, 7) is 10.0. The third-order valence-electron chi connectivity index (χ3n) is 3.83. The smallest absolute Gasteiger partial charge is 0.410 e. The number of nitrogens with one attached hydrogen (secondary N) is 2. The molecule has 0 fully saturated rings. The van der Waals surface area contributed by atoms with Crippen molar-refractivity contribution in [1.82, 2.24) is 15.5 Å². The first-order chi connectivity index (χ1) is 12.8. The standard InChI is InChI=1S/C19H30N4O4.HI/c1-6-23(18(24)27-19(2,3)4)10-9-21-17(20-5)22-12-14-7-8-15-16(11-14)26-13-25-15;/h7-8,11H,6,9-10,12-13H2,1-5H3,(H2,20,21,22);1H. The number of aliphatic imine (C=N–C) groups is 1. The summed E-state index contributed by atoms with van der Waals surface area (Å²) in [5, 5.41) is 6.45. The summed E-state index contributed by atoms with van der Waals surface area (Å²) in [5.41, 5.74) is 0.561. The molecule has 0 aromatic heterocycles. The van der Waals surface area contributed by atoms with Crippen LogP contribution in [0.15, 0.2) is 23.2 Å². The van der Waals surface area contributed by atoms with Gasteiger partial charge in [0.1, 0.15) is 5.60 Å². The Morgan fingerprint density at radius 3 is 2.61 bits per heavy atom. The Labute approximate surface area is 184 Å². The van der Waals surface area contributed by atoms with Crippen LogP contribution < -0.4 is 20.1 Å². The van der Waals surface area contributed by atoms with E-state index in [1.54, 1.807) is 11.9 Å². The quantitative estimate of drug-likeness (QED) is 0.351. The topological polar surface area (TPSA) is 84.4 Å². The summed E-state index contributed by atoms with van der Waals surface area (Å²) in [7, 11) is 1.71. The molecule has 1 amide bonds. The minimum Gasteiger partial charge on any atom is -0.454 e. The van der Waals surface area contributed by atoms with E-state index < -0.39 is 5.60 Å². The monoisotopic (exact) mass is 506 g/mol. The van der Waals surface area contributed by atoms with Crippen molar-refractivity contribution >= 4 is 36.0 Å². The number of guanidine groups is 1. The third-order valence-corrected chi connectivity index (χ3v) is 3.83. The zero-order valence-electron chi connectivity index (χ0n) is 17.2.